The number of hydrogen-bond donors (Lipinski definition) is 0. The number of thioether (sulfide) groups is 1. The van der Waals surface area contributed by atoms with Crippen LogP contribution >= 0.6 is 11.8 Å². The van der Waals surface area contributed by atoms with Crippen molar-refractivity contribution in [3.05, 3.63) is 68.9 Å². The normalized spacial score (nSPS) is 15.7. The first-order valence-corrected chi connectivity index (χ1v) is 8.94. The summed E-state index contributed by atoms with van der Waals surface area (Å²) in [7, 11) is 1.50. The van der Waals surface area contributed by atoms with Gasteiger partial charge in [-0.15, -0.1) is 0 Å². The van der Waals surface area contributed by atoms with Gasteiger partial charge < -0.3 is 9.30 Å². The van der Waals surface area contributed by atoms with Crippen molar-refractivity contribution in [2.24, 2.45) is 0 Å². The third kappa shape index (κ3) is 4.09. The third-order valence-electron chi connectivity index (χ3n) is 4.07. The van der Waals surface area contributed by atoms with Crippen LogP contribution in [0.25, 0.3) is 6.08 Å². The van der Waals surface area contributed by atoms with Gasteiger partial charge in [-0.05, 0) is 30.0 Å². The monoisotopic (exact) mass is 387 g/mol. The van der Waals surface area contributed by atoms with Crippen LogP contribution in [0.5, 0.6) is 0 Å². The van der Waals surface area contributed by atoms with Crippen molar-refractivity contribution < 1.29 is 19.2 Å². The zero-order chi connectivity index (χ0) is 19.4. The summed E-state index contributed by atoms with van der Waals surface area (Å²) in [6.45, 7) is 0.762. The van der Waals surface area contributed by atoms with Gasteiger partial charge >= 0.3 is 0 Å². The summed E-state index contributed by atoms with van der Waals surface area (Å²) in [5.74, 6) is -0.361. The molecule has 1 saturated heterocycles. The second kappa shape index (κ2) is 8.19. The van der Waals surface area contributed by atoms with Crippen molar-refractivity contribution in [2.45, 2.75) is 6.54 Å². The Hall–Kier alpha value is -2.91. The van der Waals surface area contributed by atoms with E-state index in [0.717, 1.165) is 16.7 Å². The highest BCUT2D eigenvalue weighted by atomic mass is 32.2. The molecule has 0 N–H and O–H groups in total. The minimum absolute atomic E-state index is 0.0389. The first-order valence-electron chi connectivity index (χ1n) is 8.13. The molecule has 2 aromatic rings. The van der Waals surface area contributed by atoms with Gasteiger partial charge in [0.05, 0.1) is 29.5 Å². The van der Waals surface area contributed by atoms with Gasteiger partial charge in [-0.2, -0.15) is 0 Å². The fourth-order valence-corrected chi connectivity index (χ4v) is 3.57. The zero-order valence-corrected chi connectivity index (χ0v) is 15.3. The van der Waals surface area contributed by atoms with Crippen molar-refractivity contribution >= 4 is 34.7 Å². The highest BCUT2D eigenvalue weighted by Crippen LogP contribution is 2.32. The van der Waals surface area contributed by atoms with E-state index in [9.17, 15) is 19.7 Å². The average molecular weight is 387 g/mol. The first-order chi connectivity index (χ1) is 13.0. The summed E-state index contributed by atoms with van der Waals surface area (Å²) < 4.78 is 6.72. The van der Waals surface area contributed by atoms with Crippen LogP contribution in [0.3, 0.4) is 0 Å². The Morgan fingerprint density at radius 1 is 1.22 bits per heavy atom. The molecule has 2 heterocycles. The summed E-state index contributed by atoms with van der Waals surface area (Å²) in [6.07, 6.45) is 3.41. The maximum atomic E-state index is 12.4. The van der Waals surface area contributed by atoms with E-state index in [2.05, 4.69) is 0 Å². The van der Waals surface area contributed by atoms with Crippen LogP contribution in [0.1, 0.15) is 11.3 Å². The molecule has 0 atom stereocenters. The number of para-hydroxylation sites is 1. The minimum Gasteiger partial charge on any atom is -0.383 e. The molecule has 0 unspecified atom stereocenters. The molecule has 0 saturated carbocycles. The lowest BCUT2D eigenvalue weighted by atomic mass is 10.2. The molecule has 0 spiro atoms. The van der Waals surface area contributed by atoms with E-state index in [-0.39, 0.29) is 36.5 Å². The summed E-state index contributed by atoms with van der Waals surface area (Å²) in [5, 5.41) is 10.9. The molecule has 1 fully saturated rings. The quantitative estimate of drug-likeness (QED) is 0.412. The molecule has 2 amide bonds. The first kappa shape index (κ1) is 18.9. The molecule has 8 nitrogen and oxygen atoms in total. The summed E-state index contributed by atoms with van der Waals surface area (Å²) >= 11 is 0.875. The maximum Gasteiger partial charge on any atom is 0.293 e. The number of nitrogens with zero attached hydrogens (tertiary/aromatic N) is 3. The number of rotatable bonds is 7. The van der Waals surface area contributed by atoms with Gasteiger partial charge in [0, 0.05) is 30.6 Å². The Labute approximate surface area is 159 Å². The number of methoxy groups -OCH3 is 1. The summed E-state index contributed by atoms with van der Waals surface area (Å²) in [6, 6.07) is 10.1. The lowest BCUT2D eigenvalue weighted by molar-refractivity contribution is -0.385. The van der Waals surface area contributed by atoms with Crippen molar-refractivity contribution in [3.8, 4) is 0 Å². The molecule has 1 aliphatic rings. The van der Waals surface area contributed by atoms with Crippen LogP contribution in [-0.4, -0.2) is 45.8 Å². The number of carbonyl (C=O) groups excluding carboxylic acids is 2. The summed E-state index contributed by atoms with van der Waals surface area (Å²) in [4.78, 5) is 36.7. The molecule has 27 heavy (non-hydrogen) atoms. The van der Waals surface area contributed by atoms with E-state index in [1.807, 2.05) is 0 Å². The molecule has 140 valence electrons. The smallest absolute Gasteiger partial charge is 0.293 e. The number of benzene rings is 1. The predicted molar refractivity (Wildman–Crippen MR) is 101 cm³/mol. The molecule has 1 aliphatic heterocycles. The van der Waals surface area contributed by atoms with E-state index < -0.39 is 4.92 Å². The topological polar surface area (TPSA) is 94.7 Å². The van der Waals surface area contributed by atoms with E-state index in [0.29, 0.717) is 16.2 Å². The fourth-order valence-electron chi connectivity index (χ4n) is 2.72. The van der Waals surface area contributed by atoms with Crippen LogP contribution in [0.15, 0.2) is 47.5 Å². The van der Waals surface area contributed by atoms with Crippen molar-refractivity contribution in [1.29, 1.82) is 0 Å². The van der Waals surface area contributed by atoms with Crippen LogP contribution in [0.4, 0.5) is 10.5 Å². The highest BCUT2D eigenvalue weighted by molar-refractivity contribution is 8.18. The van der Waals surface area contributed by atoms with Gasteiger partial charge in [0.25, 0.3) is 16.8 Å². The Balaban J connectivity index is 1.84. The van der Waals surface area contributed by atoms with Gasteiger partial charge in [0.15, 0.2) is 0 Å². The van der Waals surface area contributed by atoms with Crippen molar-refractivity contribution in [1.82, 2.24) is 9.47 Å². The Morgan fingerprint density at radius 3 is 2.74 bits per heavy atom. The van der Waals surface area contributed by atoms with Gasteiger partial charge in [-0.1, -0.05) is 18.2 Å². The van der Waals surface area contributed by atoms with E-state index in [1.165, 1.54) is 13.2 Å². The van der Waals surface area contributed by atoms with E-state index in [1.54, 1.807) is 47.2 Å². The fraction of sp³-hybridized carbons (Fsp3) is 0.222. The van der Waals surface area contributed by atoms with Crippen LogP contribution in [0.2, 0.25) is 0 Å². The van der Waals surface area contributed by atoms with Gasteiger partial charge in [0.1, 0.15) is 0 Å². The van der Waals surface area contributed by atoms with Gasteiger partial charge in [-0.25, -0.2) is 0 Å². The predicted octanol–water partition coefficient (Wildman–Crippen LogP) is 3.13. The number of imide groups is 1. The number of ether oxygens (including phenoxy) is 1. The summed E-state index contributed by atoms with van der Waals surface area (Å²) in [5.41, 5.74) is 1.28. The number of hydrogen-bond acceptors (Lipinski definition) is 6. The highest BCUT2D eigenvalue weighted by Gasteiger charge is 2.34. The lowest BCUT2D eigenvalue weighted by Gasteiger charge is -2.11. The van der Waals surface area contributed by atoms with Crippen LogP contribution in [0, 0.1) is 10.1 Å². The van der Waals surface area contributed by atoms with Crippen LogP contribution in [-0.2, 0) is 16.1 Å². The number of amides is 2. The van der Waals surface area contributed by atoms with Gasteiger partial charge in [-0.3, -0.25) is 24.6 Å². The zero-order valence-electron chi connectivity index (χ0n) is 14.5. The molecule has 9 heteroatoms. The second-order valence-electron chi connectivity index (χ2n) is 5.77. The van der Waals surface area contributed by atoms with E-state index >= 15 is 0 Å². The molecular weight excluding hydrogens is 370 g/mol. The number of carbonyl (C=O) groups is 2. The maximum absolute atomic E-state index is 12.4. The van der Waals surface area contributed by atoms with E-state index in [4.69, 9.17) is 4.74 Å². The number of nitro benzene ring substituents is 1. The molecule has 1 aromatic heterocycles. The SMILES string of the molecule is COCCN1C(=O)S/C(=C/c2cccn2Cc2ccccc2[N+](=O)[O-])C1=O. The Morgan fingerprint density at radius 2 is 2.00 bits per heavy atom. The standard InChI is InChI=1S/C18H17N3O5S/c1-26-10-9-20-17(22)16(27-18(20)23)11-14-6-4-8-19(14)12-13-5-2-3-7-15(13)21(24)25/h2-8,11H,9-10,12H2,1H3/b16-11+. The average Bonchev–Trinajstić information content (AvgIpc) is 3.18. The van der Waals surface area contributed by atoms with Gasteiger partial charge in [0.2, 0.25) is 0 Å². The molecule has 3 rings (SSSR count). The minimum atomic E-state index is -0.417. The molecule has 0 bridgehead atoms. The van der Waals surface area contributed by atoms with Crippen molar-refractivity contribution in [3.63, 3.8) is 0 Å². The second-order valence-corrected chi connectivity index (χ2v) is 6.77. The molecular formula is C18H17N3O5S. The Bertz CT molecular complexity index is 921. The lowest BCUT2D eigenvalue weighted by Crippen LogP contribution is -2.31. The third-order valence-corrected chi connectivity index (χ3v) is 4.97. The largest absolute Gasteiger partial charge is 0.383 e. The van der Waals surface area contributed by atoms with Crippen LogP contribution < -0.4 is 0 Å². The van der Waals surface area contributed by atoms with Crippen molar-refractivity contribution in [2.75, 3.05) is 20.3 Å². The molecule has 0 aliphatic carbocycles. The molecule has 0 radical (unpaired) electrons. The number of aromatic nitrogens is 1. The number of nitro groups is 1. The Kier molecular flexibility index (Phi) is 5.72. The molecule has 1 aromatic carbocycles.